The summed E-state index contributed by atoms with van der Waals surface area (Å²) in [5.74, 6) is -1.47. The fourth-order valence-corrected chi connectivity index (χ4v) is 3.46. The molecule has 8 nitrogen and oxygen atoms in total. The summed E-state index contributed by atoms with van der Waals surface area (Å²) in [5, 5.41) is 9.91. The summed E-state index contributed by atoms with van der Waals surface area (Å²) in [6.45, 7) is 1.13. The fraction of sp³-hybridized carbons (Fsp3) is 0.217. The molecule has 1 heterocycles. The maximum atomic E-state index is 12.5. The van der Waals surface area contributed by atoms with Crippen LogP contribution in [-0.4, -0.2) is 40.2 Å². The Morgan fingerprint density at radius 1 is 1.12 bits per heavy atom. The van der Waals surface area contributed by atoms with E-state index in [0.717, 1.165) is 12.8 Å². The molecule has 0 saturated heterocycles. The molecular weight excluding hydrogens is 432 g/mol. The van der Waals surface area contributed by atoms with Crippen LogP contribution in [0.25, 0.3) is 5.69 Å². The molecule has 2 aromatic carbocycles. The first kappa shape index (κ1) is 21.6. The zero-order chi connectivity index (χ0) is 22.7. The van der Waals surface area contributed by atoms with Crippen molar-refractivity contribution in [3.8, 4) is 5.69 Å². The van der Waals surface area contributed by atoms with E-state index in [1.807, 2.05) is 18.2 Å². The summed E-state index contributed by atoms with van der Waals surface area (Å²) in [4.78, 5) is 37.0. The molecule has 32 heavy (non-hydrogen) atoms. The number of hydrogen-bond acceptors (Lipinski definition) is 5. The fourth-order valence-electron chi connectivity index (χ4n) is 3.11. The Bertz CT molecular complexity index is 1170. The smallest absolute Gasteiger partial charge is 0.343 e. The molecular formula is C23H21ClN4O4. The largest absolute Gasteiger partial charge is 0.452 e. The number of carbonyl (C=O) groups excluding carboxylic acids is 3. The molecule has 164 valence electrons. The first-order chi connectivity index (χ1) is 15.4. The van der Waals surface area contributed by atoms with Gasteiger partial charge in [0.05, 0.1) is 11.4 Å². The lowest BCUT2D eigenvalue weighted by Crippen LogP contribution is -2.25. The predicted octanol–water partition coefficient (Wildman–Crippen LogP) is 3.52. The van der Waals surface area contributed by atoms with Crippen molar-refractivity contribution < 1.29 is 19.1 Å². The third-order valence-corrected chi connectivity index (χ3v) is 5.21. The summed E-state index contributed by atoms with van der Waals surface area (Å²) in [6.07, 6.45) is 1.97. The summed E-state index contributed by atoms with van der Waals surface area (Å²) >= 11 is 6.35. The van der Waals surface area contributed by atoms with Gasteiger partial charge in [-0.15, -0.1) is 0 Å². The number of esters is 1. The van der Waals surface area contributed by atoms with Crippen LogP contribution in [0.3, 0.4) is 0 Å². The number of hydrogen-bond donors (Lipinski definition) is 2. The minimum Gasteiger partial charge on any atom is -0.452 e. The third kappa shape index (κ3) is 4.97. The number of halogens is 1. The van der Waals surface area contributed by atoms with Crippen LogP contribution in [-0.2, 0) is 9.53 Å². The van der Waals surface area contributed by atoms with E-state index in [1.54, 1.807) is 43.3 Å². The first-order valence-electron chi connectivity index (χ1n) is 10.1. The predicted molar refractivity (Wildman–Crippen MR) is 119 cm³/mol. The molecule has 1 aromatic heterocycles. The average Bonchev–Trinajstić information content (AvgIpc) is 3.55. The van der Waals surface area contributed by atoms with Crippen molar-refractivity contribution in [2.45, 2.75) is 25.8 Å². The molecule has 0 atom stereocenters. The van der Waals surface area contributed by atoms with Crippen LogP contribution in [0.5, 0.6) is 0 Å². The van der Waals surface area contributed by atoms with Gasteiger partial charge in [-0.25, -0.2) is 9.48 Å². The second-order valence-corrected chi connectivity index (χ2v) is 7.81. The van der Waals surface area contributed by atoms with Gasteiger partial charge in [0.15, 0.2) is 6.61 Å². The van der Waals surface area contributed by atoms with Crippen LogP contribution in [0.1, 0.15) is 39.3 Å². The van der Waals surface area contributed by atoms with Gasteiger partial charge in [0.2, 0.25) is 0 Å². The van der Waals surface area contributed by atoms with E-state index < -0.39 is 18.5 Å². The van der Waals surface area contributed by atoms with Crippen molar-refractivity contribution in [1.82, 2.24) is 15.1 Å². The third-order valence-electron chi connectivity index (χ3n) is 4.86. The Morgan fingerprint density at radius 3 is 2.59 bits per heavy atom. The van der Waals surface area contributed by atoms with Gasteiger partial charge in [-0.1, -0.05) is 35.9 Å². The number of nitrogens with one attached hydrogen (secondary N) is 2. The normalized spacial score (nSPS) is 12.8. The summed E-state index contributed by atoms with van der Waals surface area (Å²) < 4.78 is 6.58. The number of anilines is 1. The molecule has 0 aliphatic heterocycles. The zero-order valence-electron chi connectivity index (χ0n) is 17.3. The molecule has 0 radical (unpaired) electrons. The van der Waals surface area contributed by atoms with Crippen molar-refractivity contribution in [3.05, 3.63) is 76.6 Å². The Labute approximate surface area is 189 Å². The van der Waals surface area contributed by atoms with Crippen molar-refractivity contribution in [2.24, 2.45) is 0 Å². The Balaban J connectivity index is 1.37. The molecule has 2 N–H and O–H groups in total. The molecule has 3 aromatic rings. The van der Waals surface area contributed by atoms with E-state index >= 15 is 0 Å². The quantitative estimate of drug-likeness (QED) is 0.534. The van der Waals surface area contributed by atoms with Crippen LogP contribution in [0, 0.1) is 6.92 Å². The number of para-hydroxylation sites is 1. The Kier molecular flexibility index (Phi) is 6.23. The standard InChI is InChI=1S/C23H21ClN4O4/c1-14-20(21(24)28(27-14)18-8-3-2-4-9-18)23(31)32-13-19(29)25-17-7-5-6-15(12-17)22(30)26-16-10-11-16/h2-9,12,16H,10-11,13H2,1H3,(H,25,29)(H,26,30). The Hall–Kier alpha value is -3.65. The van der Waals surface area contributed by atoms with Gasteiger partial charge in [-0.3, -0.25) is 9.59 Å². The second-order valence-electron chi connectivity index (χ2n) is 7.45. The zero-order valence-corrected chi connectivity index (χ0v) is 18.1. The monoisotopic (exact) mass is 452 g/mol. The Morgan fingerprint density at radius 2 is 1.88 bits per heavy atom. The lowest BCUT2D eigenvalue weighted by atomic mass is 10.2. The van der Waals surface area contributed by atoms with E-state index in [9.17, 15) is 14.4 Å². The van der Waals surface area contributed by atoms with E-state index in [4.69, 9.17) is 16.3 Å². The first-order valence-corrected chi connectivity index (χ1v) is 10.5. The van der Waals surface area contributed by atoms with Crippen molar-refractivity contribution in [2.75, 3.05) is 11.9 Å². The highest BCUT2D eigenvalue weighted by atomic mass is 35.5. The van der Waals surface area contributed by atoms with Gasteiger partial charge in [-0.2, -0.15) is 5.10 Å². The SMILES string of the molecule is Cc1nn(-c2ccccc2)c(Cl)c1C(=O)OCC(=O)Nc1cccc(C(=O)NC2CC2)c1. The minimum atomic E-state index is -0.748. The van der Waals surface area contributed by atoms with Crippen molar-refractivity contribution in [1.29, 1.82) is 0 Å². The molecule has 9 heteroatoms. The van der Waals surface area contributed by atoms with E-state index in [-0.39, 0.29) is 22.7 Å². The number of ether oxygens (including phenoxy) is 1. The maximum Gasteiger partial charge on any atom is 0.343 e. The number of carbonyl (C=O) groups is 3. The second kappa shape index (κ2) is 9.23. The topological polar surface area (TPSA) is 102 Å². The van der Waals surface area contributed by atoms with Gasteiger partial charge in [0.1, 0.15) is 10.7 Å². The molecule has 1 saturated carbocycles. The summed E-state index contributed by atoms with van der Waals surface area (Å²) in [7, 11) is 0. The number of benzene rings is 2. The molecule has 1 aliphatic rings. The van der Waals surface area contributed by atoms with E-state index in [1.165, 1.54) is 4.68 Å². The van der Waals surface area contributed by atoms with Crippen LogP contribution < -0.4 is 10.6 Å². The number of amides is 2. The molecule has 0 bridgehead atoms. The average molecular weight is 453 g/mol. The molecule has 2 amide bonds. The number of aromatic nitrogens is 2. The molecule has 0 spiro atoms. The minimum absolute atomic E-state index is 0.0991. The van der Waals surface area contributed by atoms with Crippen molar-refractivity contribution in [3.63, 3.8) is 0 Å². The van der Waals surface area contributed by atoms with Gasteiger partial charge in [0.25, 0.3) is 11.8 Å². The van der Waals surface area contributed by atoms with Gasteiger partial charge < -0.3 is 15.4 Å². The highest BCUT2D eigenvalue weighted by molar-refractivity contribution is 6.33. The molecule has 1 fully saturated rings. The van der Waals surface area contributed by atoms with Crippen LogP contribution >= 0.6 is 11.6 Å². The summed E-state index contributed by atoms with van der Waals surface area (Å²) in [6, 6.07) is 15.9. The highest BCUT2D eigenvalue weighted by Gasteiger charge is 2.24. The molecule has 1 aliphatic carbocycles. The van der Waals surface area contributed by atoms with E-state index in [2.05, 4.69) is 15.7 Å². The molecule has 0 unspecified atom stereocenters. The van der Waals surface area contributed by atoms with E-state index in [0.29, 0.717) is 22.6 Å². The summed E-state index contributed by atoms with van der Waals surface area (Å²) in [5.41, 5.74) is 2.06. The lowest BCUT2D eigenvalue weighted by Gasteiger charge is -2.09. The highest BCUT2D eigenvalue weighted by Crippen LogP contribution is 2.24. The van der Waals surface area contributed by atoms with Gasteiger partial charge in [-0.05, 0) is 50.1 Å². The lowest BCUT2D eigenvalue weighted by molar-refractivity contribution is -0.119. The van der Waals surface area contributed by atoms with Crippen LogP contribution in [0.4, 0.5) is 5.69 Å². The van der Waals surface area contributed by atoms with Gasteiger partial charge >= 0.3 is 5.97 Å². The molecule has 4 rings (SSSR count). The van der Waals surface area contributed by atoms with Gasteiger partial charge in [0, 0.05) is 17.3 Å². The number of rotatable bonds is 7. The number of nitrogens with zero attached hydrogens (tertiary/aromatic N) is 2. The van der Waals surface area contributed by atoms with Crippen LogP contribution in [0.2, 0.25) is 5.15 Å². The van der Waals surface area contributed by atoms with Crippen LogP contribution in [0.15, 0.2) is 54.6 Å². The maximum absolute atomic E-state index is 12.5. The van der Waals surface area contributed by atoms with Crippen molar-refractivity contribution >= 4 is 35.1 Å². The number of aryl methyl sites for hydroxylation is 1.